The molecule has 57 heavy (non-hydrogen) atoms. The molecule has 0 spiro atoms. The predicted octanol–water partition coefficient (Wildman–Crippen LogP) is 7.36. The van der Waals surface area contributed by atoms with Crippen LogP contribution in [0.15, 0.2) is 109 Å². The first-order valence-corrected chi connectivity index (χ1v) is 20.2. The lowest BCUT2D eigenvalue weighted by atomic mass is 9.49. The van der Waals surface area contributed by atoms with Gasteiger partial charge >= 0.3 is 0 Å². The normalized spacial score (nSPS) is 27.6. The van der Waals surface area contributed by atoms with Gasteiger partial charge in [-0.15, -0.1) is 0 Å². The van der Waals surface area contributed by atoms with Gasteiger partial charge in [0.25, 0.3) is 11.8 Å². The van der Waals surface area contributed by atoms with Gasteiger partial charge in [-0.1, -0.05) is 89.4 Å². The molecule has 4 aromatic carbocycles. The van der Waals surface area contributed by atoms with Crippen LogP contribution >= 0.6 is 23.2 Å². The molecule has 0 radical (unpaired) electrons. The molecule has 292 valence electrons. The minimum absolute atomic E-state index is 0.0513. The van der Waals surface area contributed by atoms with Crippen LogP contribution in [0.2, 0.25) is 10.0 Å². The summed E-state index contributed by atoms with van der Waals surface area (Å²) in [6.45, 7) is 2.35. The smallest absolute Gasteiger partial charge is 0.260 e. The van der Waals surface area contributed by atoms with E-state index in [0.29, 0.717) is 46.8 Å². The van der Waals surface area contributed by atoms with Gasteiger partial charge in [-0.05, 0) is 90.8 Å². The van der Waals surface area contributed by atoms with Crippen LogP contribution < -0.4 is 10.2 Å². The first-order chi connectivity index (χ1) is 27.6. The Hall–Kier alpha value is -5.16. The SMILES string of the molecule is COc1ccc(C23C(=O)N(Nc4ccc(Cl)cc4Cl)C(=O)C2CC2C(=CCC4C(=O)N(C5CCN(Cc6ccccc6)CC5)C(=O)C42)C3c2ccc(O)cc2)cc1. The number of carbonyl (C=O) groups excluding carboxylic acids is 4. The highest BCUT2D eigenvalue weighted by atomic mass is 35.5. The number of nitrogens with one attached hydrogen (secondary N) is 1. The first kappa shape index (κ1) is 37.4. The molecule has 2 N–H and O–H groups in total. The standard InChI is InChI=1S/C45H42Cl2N4O6/c1-57-32-14-9-28(10-15-32)45-36(42(54)51(44(45)56)48-38-18-11-29(46)23-37(38)47)24-35-33(40(45)27-7-12-31(52)13-8-27)16-17-34-39(35)43(55)50(41(34)53)30-19-21-49(22-20-30)25-26-5-3-2-4-6-26/h2-16,18,23,30,34-36,39-40,48,52H,17,19-22,24-25H2,1H3. The van der Waals surface area contributed by atoms with Gasteiger partial charge in [0.15, 0.2) is 0 Å². The number of imide groups is 2. The third-order valence-corrected chi connectivity index (χ3v) is 13.6. The second-order valence-electron chi connectivity index (χ2n) is 15.8. The van der Waals surface area contributed by atoms with Gasteiger partial charge in [0, 0.05) is 36.6 Å². The number of phenols is 1. The number of amides is 4. The van der Waals surface area contributed by atoms with Crippen molar-refractivity contribution in [1.82, 2.24) is 14.8 Å². The second-order valence-corrected chi connectivity index (χ2v) is 16.7. The molecule has 3 heterocycles. The van der Waals surface area contributed by atoms with Crippen molar-refractivity contribution in [1.29, 1.82) is 0 Å². The van der Waals surface area contributed by atoms with E-state index in [1.165, 1.54) is 11.6 Å². The zero-order valence-electron chi connectivity index (χ0n) is 31.3. The molecule has 5 aliphatic rings. The number of carbonyl (C=O) groups is 4. The molecule has 10 nitrogen and oxygen atoms in total. The summed E-state index contributed by atoms with van der Waals surface area (Å²) >= 11 is 12.8. The number of hydrogen-bond acceptors (Lipinski definition) is 8. The van der Waals surface area contributed by atoms with E-state index in [1.807, 2.05) is 36.4 Å². The van der Waals surface area contributed by atoms with Crippen molar-refractivity contribution < 1.29 is 29.0 Å². The summed E-state index contributed by atoms with van der Waals surface area (Å²) in [5.74, 6) is -4.04. The Morgan fingerprint density at radius 3 is 2.25 bits per heavy atom. The van der Waals surface area contributed by atoms with Crippen molar-refractivity contribution in [2.45, 2.75) is 49.6 Å². The van der Waals surface area contributed by atoms with Crippen molar-refractivity contribution >= 4 is 52.5 Å². The summed E-state index contributed by atoms with van der Waals surface area (Å²) in [6, 6.07) is 28.7. The van der Waals surface area contributed by atoms with E-state index in [0.717, 1.165) is 30.2 Å². The van der Waals surface area contributed by atoms with Gasteiger partial charge in [0.05, 0.1) is 41.0 Å². The second kappa shape index (κ2) is 14.7. The third kappa shape index (κ3) is 6.11. The van der Waals surface area contributed by atoms with Gasteiger partial charge in [-0.25, -0.2) is 0 Å². The number of halogens is 2. The highest BCUT2D eigenvalue weighted by Gasteiger charge is 2.70. The summed E-state index contributed by atoms with van der Waals surface area (Å²) in [5.41, 5.74) is 5.27. The fraction of sp³-hybridized carbons (Fsp3) is 0.333. The fourth-order valence-electron chi connectivity index (χ4n) is 10.4. The van der Waals surface area contributed by atoms with Crippen LogP contribution in [0, 0.1) is 23.7 Å². The summed E-state index contributed by atoms with van der Waals surface area (Å²) in [4.78, 5) is 63.5. The number of benzene rings is 4. The highest BCUT2D eigenvalue weighted by Crippen LogP contribution is 2.64. The molecule has 0 bridgehead atoms. The quantitative estimate of drug-likeness (QED) is 0.140. The molecule has 3 saturated heterocycles. The minimum atomic E-state index is -1.47. The highest BCUT2D eigenvalue weighted by molar-refractivity contribution is 6.36. The summed E-state index contributed by atoms with van der Waals surface area (Å²) in [6.07, 6.45) is 3.94. The average Bonchev–Trinajstić information content (AvgIpc) is 3.60. The van der Waals surface area contributed by atoms with Crippen molar-refractivity contribution in [3.8, 4) is 11.5 Å². The van der Waals surface area contributed by atoms with E-state index in [9.17, 15) is 19.5 Å². The van der Waals surface area contributed by atoms with Crippen molar-refractivity contribution in [2.75, 3.05) is 25.6 Å². The molecular formula is C45H42Cl2N4O6. The van der Waals surface area contributed by atoms with Crippen LogP contribution in [0.25, 0.3) is 0 Å². The number of likely N-dealkylation sites (tertiary alicyclic amines) is 2. The molecule has 1 saturated carbocycles. The number of phenolic OH excluding ortho intramolecular Hbond substituents is 1. The number of fused-ring (bicyclic) bond motifs is 4. The monoisotopic (exact) mass is 804 g/mol. The van der Waals surface area contributed by atoms with E-state index >= 15 is 4.79 Å². The van der Waals surface area contributed by atoms with Gasteiger partial charge in [0.2, 0.25) is 11.8 Å². The molecule has 12 heteroatoms. The molecule has 6 unspecified atom stereocenters. The average molecular weight is 806 g/mol. The predicted molar refractivity (Wildman–Crippen MR) is 215 cm³/mol. The topological polar surface area (TPSA) is 119 Å². The largest absolute Gasteiger partial charge is 0.508 e. The number of piperidine rings is 1. The number of methoxy groups -OCH3 is 1. The maximum atomic E-state index is 15.4. The maximum absolute atomic E-state index is 15.4. The van der Waals surface area contributed by atoms with Crippen molar-refractivity contribution in [2.24, 2.45) is 23.7 Å². The summed E-state index contributed by atoms with van der Waals surface area (Å²) < 4.78 is 5.49. The van der Waals surface area contributed by atoms with Crippen molar-refractivity contribution in [3.05, 3.63) is 135 Å². The van der Waals surface area contributed by atoms with E-state index in [4.69, 9.17) is 27.9 Å². The maximum Gasteiger partial charge on any atom is 0.260 e. The Bertz CT molecular complexity index is 2280. The zero-order chi connectivity index (χ0) is 39.6. The third-order valence-electron chi connectivity index (χ3n) is 13.0. The van der Waals surface area contributed by atoms with E-state index in [-0.39, 0.29) is 35.0 Å². The molecule has 0 aromatic heterocycles. The Kier molecular flexibility index (Phi) is 9.62. The molecular weight excluding hydrogens is 763 g/mol. The van der Waals surface area contributed by atoms with Gasteiger partial charge in [0.1, 0.15) is 11.5 Å². The molecule has 4 aromatic rings. The van der Waals surface area contributed by atoms with Crippen LogP contribution in [-0.4, -0.2) is 69.8 Å². The fourth-order valence-corrected chi connectivity index (χ4v) is 10.9. The van der Waals surface area contributed by atoms with Crippen LogP contribution in [0.3, 0.4) is 0 Å². The summed E-state index contributed by atoms with van der Waals surface area (Å²) in [7, 11) is 1.56. The molecule has 6 atom stereocenters. The minimum Gasteiger partial charge on any atom is -0.508 e. The summed E-state index contributed by atoms with van der Waals surface area (Å²) in [5, 5.41) is 12.1. The van der Waals surface area contributed by atoms with Crippen LogP contribution in [-0.2, 0) is 31.1 Å². The number of nitrogens with zero attached hydrogens (tertiary/aromatic N) is 3. The Balaban J connectivity index is 1.11. The number of hydrogen-bond donors (Lipinski definition) is 2. The van der Waals surface area contributed by atoms with Gasteiger partial charge in [-0.3, -0.25) is 34.4 Å². The molecule has 3 aliphatic heterocycles. The number of aromatic hydroxyl groups is 1. The Morgan fingerprint density at radius 1 is 0.842 bits per heavy atom. The lowest BCUT2D eigenvalue weighted by molar-refractivity contribution is -0.144. The molecule has 2 aliphatic carbocycles. The Labute approximate surface area is 341 Å². The number of ether oxygens (including phenoxy) is 1. The molecule has 9 rings (SSSR count). The Morgan fingerprint density at radius 2 is 1.56 bits per heavy atom. The lowest BCUT2D eigenvalue weighted by Gasteiger charge is -2.50. The van der Waals surface area contributed by atoms with Crippen molar-refractivity contribution in [3.63, 3.8) is 0 Å². The number of hydrazine groups is 1. The lowest BCUT2D eigenvalue weighted by Crippen LogP contribution is -2.53. The molecule has 4 fully saturated rings. The van der Waals surface area contributed by atoms with Crippen LogP contribution in [0.5, 0.6) is 11.5 Å². The zero-order valence-corrected chi connectivity index (χ0v) is 32.8. The van der Waals surface area contributed by atoms with Crippen LogP contribution in [0.1, 0.15) is 48.3 Å². The number of allylic oxidation sites excluding steroid dienone is 2. The number of rotatable bonds is 8. The van der Waals surface area contributed by atoms with E-state index < -0.39 is 46.8 Å². The van der Waals surface area contributed by atoms with Gasteiger partial charge < -0.3 is 9.84 Å². The van der Waals surface area contributed by atoms with Crippen LogP contribution in [0.4, 0.5) is 5.69 Å². The molecule has 4 amide bonds. The van der Waals surface area contributed by atoms with Gasteiger partial charge in [-0.2, -0.15) is 5.01 Å². The van der Waals surface area contributed by atoms with E-state index in [1.54, 1.807) is 60.5 Å². The van der Waals surface area contributed by atoms with E-state index in [2.05, 4.69) is 22.5 Å². The number of anilines is 1. The first-order valence-electron chi connectivity index (χ1n) is 19.5.